The second-order valence-corrected chi connectivity index (χ2v) is 4.19. The van der Waals surface area contributed by atoms with Gasteiger partial charge in [-0.1, -0.05) is 23.7 Å². The van der Waals surface area contributed by atoms with Crippen molar-refractivity contribution in [1.82, 2.24) is 0 Å². The maximum Gasteiger partial charge on any atom is 1.00 e. The topological polar surface area (TPSA) is 60.2 Å². The van der Waals surface area contributed by atoms with Crippen molar-refractivity contribution in [1.29, 1.82) is 0 Å². The second-order valence-electron chi connectivity index (χ2n) is 2.66. The van der Waals surface area contributed by atoms with Crippen LogP contribution in [0, 0.1) is 0 Å². The predicted octanol–water partition coefficient (Wildman–Crippen LogP) is -2.61. The molecular formula is C6H6BF3KNO2S. The molecule has 0 bridgehead atoms. The molecule has 9 heteroatoms. The summed E-state index contributed by atoms with van der Waals surface area (Å²) in [6.45, 7) is -5.36. The molecule has 1 aromatic carbocycles. The maximum absolute atomic E-state index is 12.3. The molecule has 0 atom stereocenters. The van der Waals surface area contributed by atoms with Crippen LogP contribution in [0.15, 0.2) is 29.2 Å². The van der Waals surface area contributed by atoms with E-state index >= 15 is 0 Å². The minimum Gasteiger partial charge on any atom is -0.445 e. The molecule has 2 N–H and O–H groups in total. The van der Waals surface area contributed by atoms with E-state index in [4.69, 9.17) is 0 Å². The van der Waals surface area contributed by atoms with Crippen molar-refractivity contribution in [2.75, 3.05) is 0 Å². The predicted molar refractivity (Wildman–Crippen MR) is 46.5 cm³/mol. The molecule has 0 saturated carbocycles. The van der Waals surface area contributed by atoms with Gasteiger partial charge in [-0.2, -0.15) is 0 Å². The third-order valence-corrected chi connectivity index (χ3v) is 2.56. The van der Waals surface area contributed by atoms with Crippen LogP contribution in [-0.4, -0.2) is 15.4 Å². The summed E-state index contributed by atoms with van der Waals surface area (Å²) in [5.74, 6) is 0. The first-order chi connectivity index (χ1) is 6.23. The Morgan fingerprint density at radius 3 is 1.93 bits per heavy atom. The molecule has 0 aliphatic heterocycles. The van der Waals surface area contributed by atoms with Gasteiger partial charge in [0.15, 0.2) is 0 Å². The van der Waals surface area contributed by atoms with E-state index in [1.807, 2.05) is 0 Å². The first kappa shape index (κ1) is 15.6. The van der Waals surface area contributed by atoms with Crippen molar-refractivity contribution in [3.05, 3.63) is 24.3 Å². The van der Waals surface area contributed by atoms with Crippen molar-refractivity contribution in [2.24, 2.45) is 5.14 Å². The van der Waals surface area contributed by atoms with Gasteiger partial charge in [-0.05, 0) is 6.07 Å². The molecular weight excluding hydrogens is 257 g/mol. The van der Waals surface area contributed by atoms with Crippen LogP contribution >= 0.6 is 0 Å². The zero-order chi connectivity index (χ0) is 11.0. The summed E-state index contributed by atoms with van der Waals surface area (Å²) in [5, 5.41) is 4.64. The number of benzene rings is 1. The number of hydrogen-bond acceptors (Lipinski definition) is 2. The smallest absolute Gasteiger partial charge is 0.445 e. The van der Waals surface area contributed by atoms with Crippen LogP contribution < -0.4 is 62.0 Å². The minimum absolute atomic E-state index is 0. The maximum atomic E-state index is 12.3. The Bertz CT molecular complexity index is 448. The fraction of sp³-hybridized carbons (Fsp3) is 0. The third-order valence-electron chi connectivity index (χ3n) is 1.58. The van der Waals surface area contributed by atoms with Crippen molar-refractivity contribution >= 4 is 22.5 Å². The number of rotatable bonds is 2. The number of nitrogens with two attached hydrogens (primary N) is 1. The summed E-state index contributed by atoms with van der Waals surface area (Å²) < 4.78 is 58.5. The van der Waals surface area contributed by atoms with Crippen LogP contribution in [0.3, 0.4) is 0 Å². The molecule has 0 saturated heterocycles. The van der Waals surface area contributed by atoms with Gasteiger partial charge in [-0.15, -0.1) is 0 Å². The number of sulfonamides is 1. The van der Waals surface area contributed by atoms with E-state index in [9.17, 15) is 21.4 Å². The Hall–Kier alpha value is 0.621. The average molecular weight is 263 g/mol. The summed E-state index contributed by atoms with van der Waals surface area (Å²) in [5.41, 5.74) is -1.19. The molecule has 0 spiro atoms. The summed E-state index contributed by atoms with van der Waals surface area (Å²) in [6, 6.07) is 3.82. The number of primary sulfonamides is 1. The average Bonchev–Trinajstić information content (AvgIpc) is 2.01. The molecule has 1 aromatic rings. The molecule has 1 rings (SSSR count). The van der Waals surface area contributed by atoms with Gasteiger partial charge in [0.1, 0.15) is 0 Å². The van der Waals surface area contributed by atoms with E-state index in [2.05, 4.69) is 5.14 Å². The quantitative estimate of drug-likeness (QED) is 0.594. The summed E-state index contributed by atoms with van der Waals surface area (Å²) in [4.78, 5) is -0.882. The first-order valence-corrected chi connectivity index (χ1v) is 5.09. The largest absolute Gasteiger partial charge is 1.00 e. The van der Waals surface area contributed by atoms with Crippen LogP contribution in [0.2, 0.25) is 0 Å². The fourth-order valence-corrected chi connectivity index (χ4v) is 1.81. The third kappa shape index (κ3) is 4.17. The van der Waals surface area contributed by atoms with E-state index < -0.39 is 27.4 Å². The Morgan fingerprint density at radius 2 is 1.60 bits per heavy atom. The van der Waals surface area contributed by atoms with Gasteiger partial charge in [0.05, 0.1) is 4.90 Å². The molecule has 0 aromatic heterocycles. The zero-order valence-corrected chi connectivity index (χ0v) is 11.8. The van der Waals surface area contributed by atoms with Gasteiger partial charge in [0, 0.05) is 0 Å². The standard InChI is InChI=1S/C6H6BF3NO2S.K/c8-7(9,10)5-3-1-2-4-6(5)14(11,12)13;/h1-4H,(H2,11,12,13);/q-1;+1. The minimum atomic E-state index is -5.36. The molecule has 0 aliphatic rings. The normalized spacial score (nSPS) is 12.0. The SMILES string of the molecule is NS(=O)(=O)c1ccccc1[B-](F)(F)F.[K+]. The van der Waals surface area contributed by atoms with Crippen molar-refractivity contribution in [3.63, 3.8) is 0 Å². The van der Waals surface area contributed by atoms with E-state index in [-0.39, 0.29) is 51.4 Å². The van der Waals surface area contributed by atoms with E-state index in [0.717, 1.165) is 12.1 Å². The molecule has 0 fully saturated rings. The van der Waals surface area contributed by atoms with Gasteiger partial charge in [0.2, 0.25) is 10.0 Å². The molecule has 3 nitrogen and oxygen atoms in total. The van der Waals surface area contributed by atoms with Crippen molar-refractivity contribution in [3.8, 4) is 0 Å². The molecule has 0 radical (unpaired) electrons. The van der Waals surface area contributed by atoms with Crippen LogP contribution in [-0.2, 0) is 10.0 Å². The van der Waals surface area contributed by atoms with Gasteiger partial charge < -0.3 is 12.9 Å². The molecule has 0 amide bonds. The van der Waals surface area contributed by atoms with Crippen molar-refractivity contribution in [2.45, 2.75) is 4.90 Å². The first-order valence-electron chi connectivity index (χ1n) is 3.54. The summed E-state index contributed by atoms with van der Waals surface area (Å²) >= 11 is 0. The molecule has 15 heavy (non-hydrogen) atoms. The molecule has 78 valence electrons. The van der Waals surface area contributed by atoms with E-state index in [1.54, 1.807) is 0 Å². The summed E-state index contributed by atoms with van der Waals surface area (Å²) in [7, 11) is -4.32. The summed E-state index contributed by atoms with van der Waals surface area (Å²) in [6.07, 6.45) is 0. The zero-order valence-electron chi connectivity index (χ0n) is 7.82. The molecule has 0 aliphatic carbocycles. The Morgan fingerprint density at radius 1 is 1.13 bits per heavy atom. The Balaban J connectivity index is 0.00000196. The Kier molecular flexibility index (Phi) is 5.52. The van der Waals surface area contributed by atoms with E-state index in [0.29, 0.717) is 6.07 Å². The van der Waals surface area contributed by atoms with Gasteiger partial charge >= 0.3 is 58.4 Å². The second kappa shape index (κ2) is 5.30. The fourth-order valence-electron chi connectivity index (χ4n) is 1.01. The van der Waals surface area contributed by atoms with Crippen LogP contribution in [0.4, 0.5) is 12.9 Å². The number of halogens is 3. The van der Waals surface area contributed by atoms with Gasteiger partial charge in [0.25, 0.3) is 0 Å². The number of hydrogen-bond donors (Lipinski definition) is 1. The van der Waals surface area contributed by atoms with Crippen LogP contribution in [0.1, 0.15) is 0 Å². The van der Waals surface area contributed by atoms with E-state index in [1.165, 1.54) is 6.07 Å². The Labute approximate surface area is 128 Å². The monoisotopic (exact) mass is 263 g/mol. The molecule has 0 heterocycles. The van der Waals surface area contributed by atoms with Crippen molar-refractivity contribution < 1.29 is 72.7 Å². The van der Waals surface area contributed by atoms with Gasteiger partial charge in [-0.25, -0.2) is 13.6 Å². The van der Waals surface area contributed by atoms with Gasteiger partial charge in [-0.3, -0.25) is 0 Å². The van der Waals surface area contributed by atoms with Crippen LogP contribution in [0.5, 0.6) is 0 Å². The van der Waals surface area contributed by atoms with Crippen LogP contribution in [0.25, 0.3) is 0 Å². The molecule has 0 unspecified atom stereocenters.